The molecule has 0 radical (unpaired) electrons. The standard InChI is InChI=1S/C22H24N4O2/c1-4-13-28-23-14-17-9-11-18(12-10-17)19-7-5-6-8-21(19)24-22(27)20-15-26(3)25-16(20)2/h5-12,14-15H,4,13H2,1-3H3,(H,24,27). The molecule has 0 aliphatic carbocycles. The molecule has 0 saturated heterocycles. The first-order valence-corrected chi connectivity index (χ1v) is 9.25. The van der Waals surface area contributed by atoms with E-state index >= 15 is 0 Å². The van der Waals surface area contributed by atoms with E-state index in [9.17, 15) is 4.79 Å². The quantitative estimate of drug-likeness (QED) is 0.377. The van der Waals surface area contributed by atoms with Crippen LogP contribution in [0.25, 0.3) is 11.1 Å². The molecule has 6 nitrogen and oxygen atoms in total. The lowest BCUT2D eigenvalue weighted by atomic mass is 10.0. The van der Waals surface area contributed by atoms with E-state index in [1.807, 2.05) is 62.4 Å². The van der Waals surface area contributed by atoms with Gasteiger partial charge in [-0.1, -0.05) is 54.5 Å². The molecule has 6 heteroatoms. The minimum absolute atomic E-state index is 0.171. The number of nitrogens with zero attached hydrogens (tertiary/aromatic N) is 3. The predicted molar refractivity (Wildman–Crippen MR) is 112 cm³/mol. The zero-order valence-corrected chi connectivity index (χ0v) is 16.3. The third-order valence-electron chi connectivity index (χ3n) is 4.23. The van der Waals surface area contributed by atoms with Crippen LogP contribution >= 0.6 is 0 Å². The van der Waals surface area contributed by atoms with Crippen LogP contribution in [0, 0.1) is 6.92 Å². The summed E-state index contributed by atoms with van der Waals surface area (Å²) < 4.78 is 1.64. The van der Waals surface area contributed by atoms with Crippen LogP contribution in [0.15, 0.2) is 59.9 Å². The summed E-state index contributed by atoms with van der Waals surface area (Å²) >= 11 is 0. The Labute approximate surface area is 164 Å². The molecule has 1 heterocycles. The Morgan fingerprint density at radius 2 is 1.96 bits per heavy atom. The van der Waals surface area contributed by atoms with Crippen LogP contribution in [0.3, 0.4) is 0 Å². The Bertz CT molecular complexity index is 974. The van der Waals surface area contributed by atoms with Crippen molar-refractivity contribution in [2.75, 3.05) is 11.9 Å². The second-order valence-electron chi connectivity index (χ2n) is 6.49. The topological polar surface area (TPSA) is 68.5 Å². The Morgan fingerprint density at radius 3 is 2.64 bits per heavy atom. The van der Waals surface area contributed by atoms with Crippen molar-refractivity contribution in [3.8, 4) is 11.1 Å². The van der Waals surface area contributed by atoms with Crippen LogP contribution in [0.4, 0.5) is 5.69 Å². The number of hydrogen-bond acceptors (Lipinski definition) is 4. The fourth-order valence-electron chi connectivity index (χ4n) is 2.85. The van der Waals surface area contributed by atoms with Crippen LogP contribution in [0.2, 0.25) is 0 Å². The van der Waals surface area contributed by atoms with E-state index in [0.717, 1.165) is 28.8 Å². The Morgan fingerprint density at radius 1 is 1.21 bits per heavy atom. The number of nitrogens with one attached hydrogen (secondary N) is 1. The van der Waals surface area contributed by atoms with Crippen molar-refractivity contribution in [1.29, 1.82) is 0 Å². The zero-order chi connectivity index (χ0) is 19.9. The van der Waals surface area contributed by atoms with Gasteiger partial charge in [0.2, 0.25) is 0 Å². The molecular formula is C22H24N4O2. The lowest BCUT2D eigenvalue weighted by molar-refractivity contribution is 0.102. The van der Waals surface area contributed by atoms with E-state index in [-0.39, 0.29) is 5.91 Å². The van der Waals surface area contributed by atoms with E-state index in [2.05, 4.69) is 15.6 Å². The Kier molecular flexibility index (Phi) is 6.22. The van der Waals surface area contributed by atoms with Crippen molar-refractivity contribution in [1.82, 2.24) is 9.78 Å². The summed E-state index contributed by atoms with van der Waals surface area (Å²) in [5.74, 6) is -0.171. The van der Waals surface area contributed by atoms with Gasteiger partial charge in [0.15, 0.2) is 0 Å². The van der Waals surface area contributed by atoms with E-state index in [0.29, 0.717) is 17.9 Å². The largest absolute Gasteiger partial charge is 0.396 e. The number of amides is 1. The molecule has 0 saturated carbocycles. The van der Waals surface area contributed by atoms with Gasteiger partial charge in [-0.15, -0.1) is 0 Å². The molecule has 28 heavy (non-hydrogen) atoms. The third-order valence-corrected chi connectivity index (χ3v) is 4.23. The molecule has 1 aromatic heterocycles. The van der Waals surface area contributed by atoms with Crippen molar-refractivity contribution in [2.24, 2.45) is 12.2 Å². The van der Waals surface area contributed by atoms with Gasteiger partial charge in [-0.2, -0.15) is 5.10 Å². The van der Waals surface area contributed by atoms with Gasteiger partial charge >= 0.3 is 0 Å². The molecule has 0 atom stereocenters. The monoisotopic (exact) mass is 376 g/mol. The van der Waals surface area contributed by atoms with E-state index in [1.54, 1.807) is 24.1 Å². The molecule has 0 fully saturated rings. The van der Waals surface area contributed by atoms with Crippen molar-refractivity contribution in [3.63, 3.8) is 0 Å². The molecule has 0 bridgehead atoms. The molecule has 3 rings (SSSR count). The maximum absolute atomic E-state index is 12.7. The average Bonchev–Trinajstić information content (AvgIpc) is 3.04. The number of para-hydroxylation sites is 1. The van der Waals surface area contributed by atoms with Gasteiger partial charge in [0.25, 0.3) is 5.91 Å². The van der Waals surface area contributed by atoms with Gasteiger partial charge in [-0.3, -0.25) is 9.48 Å². The fourth-order valence-corrected chi connectivity index (χ4v) is 2.85. The number of anilines is 1. The van der Waals surface area contributed by atoms with Gasteiger partial charge in [0.1, 0.15) is 6.61 Å². The maximum Gasteiger partial charge on any atom is 0.259 e. The highest BCUT2D eigenvalue weighted by molar-refractivity contribution is 6.06. The summed E-state index contributed by atoms with van der Waals surface area (Å²) in [6.07, 6.45) is 4.34. The molecule has 3 aromatic rings. The minimum Gasteiger partial charge on any atom is -0.396 e. The van der Waals surface area contributed by atoms with Gasteiger partial charge in [0.05, 0.1) is 17.5 Å². The lowest BCUT2D eigenvalue weighted by Gasteiger charge is -2.11. The molecule has 0 aliphatic heterocycles. The average molecular weight is 376 g/mol. The Balaban J connectivity index is 1.79. The summed E-state index contributed by atoms with van der Waals surface area (Å²) in [5, 5.41) is 11.2. The molecule has 1 amide bonds. The van der Waals surface area contributed by atoms with Crippen molar-refractivity contribution >= 4 is 17.8 Å². The summed E-state index contributed by atoms with van der Waals surface area (Å²) in [6.45, 7) is 4.47. The van der Waals surface area contributed by atoms with Crippen LogP contribution < -0.4 is 5.32 Å². The van der Waals surface area contributed by atoms with E-state index < -0.39 is 0 Å². The number of carbonyl (C=O) groups excluding carboxylic acids is 1. The molecule has 0 aliphatic rings. The first kappa shape index (κ1) is 19.4. The zero-order valence-electron chi connectivity index (χ0n) is 16.3. The molecule has 144 valence electrons. The first-order chi connectivity index (χ1) is 13.6. The molecule has 0 unspecified atom stereocenters. The van der Waals surface area contributed by atoms with Gasteiger partial charge < -0.3 is 10.2 Å². The summed E-state index contributed by atoms with van der Waals surface area (Å²) in [5.41, 5.74) is 4.92. The van der Waals surface area contributed by atoms with Crippen LogP contribution in [0.5, 0.6) is 0 Å². The number of carbonyl (C=O) groups is 1. The van der Waals surface area contributed by atoms with Crippen molar-refractivity contribution < 1.29 is 9.63 Å². The van der Waals surface area contributed by atoms with Crippen LogP contribution in [-0.2, 0) is 11.9 Å². The van der Waals surface area contributed by atoms with Gasteiger partial charge in [0, 0.05) is 24.5 Å². The second kappa shape index (κ2) is 8.99. The Hall–Kier alpha value is -3.41. The molecule has 0 spiro atoms. The highest BCUT2D eigenvalue weighted by atomic mass is 16.6. The number of benzene rings is 2. The number of rotatable bonds is 7. The number of oxime groups is 1. The van der Waals surface area contributed by atoms with Crippen molar-refractivity contribution in [3.05, 3.63) is 71.5 Å². The molecule has 1 N–H and O–H groups in total. The molecular weight excluding hydrogens is 352 g/mol. The second-order valence-corrected chi connectivity index (χ2v) is 6.49. The highest BCUT2D eigenvalue weighted by Crippen LogP contribution is 2.28. The predicted octanol–water partition coefficient (Wildman–Crippen LogP) is 4.41. The third kappa shape index (κ3) is 4.65. The highest BCUT2D eigenvalue weighted by Gasteiger charge is 2.14. The van der Waals surface area contributed by atoms with Crippen molar-refractivity contribution in [2.45, 2.75) is 20.3 Å². The fraction of sp³-hybridized carbons (Fsp3) is 0.227. The maximum atomic E-state index is 12.7. The van der Waals surface area contributed by atoms with Crippen LogP contribution in [-0.4, -0.2) is 28.5 Å². The summed E-state index contributed by atoms with van der Waals surface area (Å²) in [7, 11) is 1.80. The summed E-state index contributed by atoms with van der Waals surface area (Å²) in [4.78, 5) is 17.8. The minimum atomic E-state index is -0.171. The van der Waals surface area contributed by atoms with Crippen LogP contribution in [0.1, 0.15) is 35.0 Å². The van der Waals surface area contributed by atoms with Gasteiger partial charge in [-0.05, 0) is 30.5 Å². The normalized spacial score (nSPS) is 11.0. The molecule has 2 aromatic carbocycles. The first-order valence-electron chi connectivity index (χ1n) is 9.25. The van der Waals surface area contributed by atoms with E-state index in [4.69, 9.17) is 4.84 Å². The number of aromatic nitrogens is 2. The lowest BCUT2D eigenvalue weighted by Crippen LogP contribution is -2.13. The van der Waals surface area contributed by atoms with E-state index in [1.165, 1.54) is 0 Å². The van der Waals surface area contributed by atoms with Gasteiger partial charge in [-0.25, -0.2) is 0 Å². The number of aryl methyl sites for hydroxylation is 2. The SMILES string of the molecule is CCCON=Cc1ccc(-c2ccccc2NC(=O)c2cn(C)nc2C)cc1. The number of hydrogen-bond donors (Lipinski definition) is 1. The smallest absolute Gasteiger partial charge is 0.259 e. The summed E-state index contributed by atoms with van der Waals surface area (Å²) in [6, 6.07) is 15.7.